The van der Waals surface area contributed by atoms with Crippen LogP contribution in [0.2, 0.25) is 0 Å². The van der Waals surface area contributed by atoms with Crippen molar-refractivity contribution in [2.24, 2.45) is 17.4 Å². The van der Waals surface area contributed by atoms with Gasteiger partial charge in [-0.3, -0.25) is 0 Å². The van der Waals surface area contributed by atoms with Gasteiger partial charge in [0.25, 0.3) is 0 Å². The Morgan fingerprint density at radius 3 is 2.43 bits per heavy atom. The highest BCUT2D eigenvalue weighted by Crippen LogP contribution is 2.09. The number of nitrogens with zero attached hydrogens (tertiary/aromatic N) is 1. The number of nitriles is 1. The van der Waals surface area contributed by atoms with Crippen LogP contribution in [0.5, 0.6) is 0 Å². The summed E-state index contributed by atoms with van der Waals surface area (Å²) in [6.07, 6.45) is 2.51. The molecule has 14 heavy (non-hydrogen) atoms. The summed E-state index contributed by atoms with van der Waals surface area (Å²) < 4.78 is 0. The lowest BCUT2D eigenvalue weighted by atomic mass is 9.95. The van der Waals surface area contributed by atoms with Crippen LogP contribution in [0.3, 0.4) is 0 Å². The van der Waals surface area contributed by atoms with E-state index in [1.165, 1.54) is 0 Å². The SMILES string of the molecule is CC(CCN)C(CCN)NCCC#N. The van der Waals surface area contributed by atoms with Gasteiger partial charge in [-0.05, 0) is 31.8 Å². The van der Waals surface area contributed by atoms with Gasteiger partial charge in [0, 0.05) is 19.0 Å². The topological polar surface area (TPSA) is 87.9 Å². The Kier molecular flexibility index (Phi) is 8.54. The van der Waals surface area contributed by atoms with Crippen LogP contribution < -0.4 is 16.8 Å². The molecule has 0 aromatic rings. The Balaban J connectivity index is 3.81. The molecule has 0 aromatic carbocycles. The van der Waals surface area contributed by atoms with Crippen LogP contribution in [0, 0.1) is 17.2 Å². The zero-order valence-electron chi connectivity index (χ0n) is 9.00. The van der Waals surface area contributed by atoms with Crippen molar-refractivity contribution in [1.29, 1.82) is 5.26 Å². The Hall–Kier alpha value is -0.630. The van der Waals surface area contributed by atoms with E-state index in [1.54, 1.807) is 0 Å². The van der Waals surface area contributed by atoms with Crippen molar-refractivity contribution in [1.82, 2.24) is 5.32 Å². The Morgan fingerprint density at radius 2 is 1.93 bits per heavy atom. The molecule has 0 aromatic heterocycles. The van der Waals surface area contributed by atoms with Crippen LogP contribution in [0.15, 0.2) is 0 Å². The molecule has 2 unspecified atom stereocenters. The molecular formula is C10H22N4. The molecule has 0 bridgehead atoms. The fraction of sp³-hybridized carbons (Fsp3) is 0.900. The Labute approximate surface area is 86.6 Å². The second kappa shape index (κ2) is 8.95. The van der Waals surface area contributed by atoms with Gasteiger partial charge in [-0.25, -0.2) is 0 Å². The monoisotopic (exact) mass is 198 g/mol. The minimum atomic E-state index is 0.400. The van der Waals surface area contributed by atoms with Crippen molar-refractivity contribution in [3.05, 3.63) is 0 Å². The van der Waals surface area contributed by atoms with E-state index in [9.17, 15) is 0 Å². The lowest BCUT2D eigenvalue weighted by molar-refractivity contribution is 0.348. The van der Waals surface area contributed by atoms with Crippen molar-refractivity contribution in [3.8, 4) is 6.07 Å². The third-order valence-electron chi connectivity index (χ3n) is 2.43. The maximum Gasteiger partial charge on any atom is 0.0635 e. The van der Waals surface area contributed by atoms with Crippen molar-refractivity contribution in [3.63, 3.8) is 0 Å². The smallest absolute Gasteiger partial charge is 0.0635 e. The first-order valence-electron chi connectivity index (χ1n) is 5.26. The van der Waals surface area contributed by atoms with Gasteiger partial charge >= 0.3 is 0 Å². The van der Waals surface area contributed by atoms with Crippen molar-refractivity contribution in [2.75, 3.05) is 19.6 Å². The standard InChI is InChI=1S/C10H22N4/c1-9(3-6-12)10(4-7-13)14-8-2-5-11/h9-10,14H,2-4,6-8,12-13H2,1H3. The van der Waals surface area contributed by atoms with Crippen LogP contribution in [-0.2, 0) is 0 Å². The Morgan fingerprint density at radius 1 is 1.29 bits per heavy atom. The Bertz CT molecular complexity index is 164. The van der Waals surface area contributed by atoms with Crippen molar-refractivity contribution >= 4 is 0 Å². The van der Waals surface area contributed by atoms with Crippen LogP contribution in [0.25, 0.3) is 0 Å². The molecular weight excluding hydrogens is 176 g/mol. The number of rotatable bonds is 8. The molecule has 2 atom stereocenters. The van der Waals surface area contributed by atoms with E-state index in [0.717, 1.165) is 19.4 Å². The largest absolute Gasteiger partial charge is 0.330 e. The fourth-order valence-electron chi connectivity index (χ4n) is 1.54. The summed E-state index contributed by atoms with van der Waals surface area (Å²) in [7, 11) is 0. The predicted octanol–water partition coefficient (Wildman–Crippen LogP) is 0.192. The van der Waals surface area contributed by atoms with Gasteiger partial charge < -0.3 is 16.8 Å². The maximum absolute atomic E-state index is 8.42. The van der Waals surface area contributed by atoms with E-state index in [-0.39, 0.29) is 0 Å². The molecule has 4 heteroatoms. The molecule has 0 saturated heterocycles. The lowest BCUT2D eigenvalue weighted by Gasteiger charge is -2.24. The number of nitrogens with two attached hydrogens (primary N) is 2. The fourth-order valence-corrected chi connectivity index (χ4v) is 1.54. The van der Waals surface area contributed by atoms with E-state index < -0.39 is 0 Å². The molecule has 0 aliphatic heterocycles. The zero-order valence-corrected chi connectivity index (χ0v) is 9.00. The highest BCUT2D eigenvalue weighted by molar-refractivity contribution is 4.77. The molecule has 0 rings (SSSR count). The molecule has 0 radical (unpaired) electrons. The first kappa shape index (κ1) is 13.4. The molecule has 0 amide bonds. The van der Waals surface area contributed by atoms with Gasteiger partial charge in [-0.15, -0.1) is 0 Å². The summed E-state index contributed by atoms with van der Waals surface area (Å²) in [6, 6.07) is 2.52. The molecule has 0 aliphatic carbocycles. The quantitative estimate of drug-likeness (QED) is 0.486. The van der Waals surface area contributed by atoms with Crippen LogP contribution >= 0.6 is 0 Å². The molecule has 5 N–H and O–H groups in total. The molecule has 0 heterocycles. The van der Waals surface area contributed by atoms with Gasteiger partial charge in [0.05, 0.1) is 6.07 Å². The first-order chi connectivity index (χ1) is 6.76. The predicted molar refractivity (Wildman–Crippen MR) is 58.5 cm³/mol. The summed E-state index contributed by atoms with van der Waals surface area (Å²) in [5, 5.41) is 11.8. The van der Waals surface area contributed by atoms with Crippen LogP contribution in [0.4, 0.5) is 0 Å². The third kappa shape index (κ3) is 5.92. The number of hydrogen-bond donors (Lipinski definition) is 3. The zero-order chi connectivity index (χ0) is 10.8. The second-order valence-corrected chi connectivity index (χ2v) is 3.60. The van der Waals surface area contributed by atoms with Crippen LogP contribution in [0.1, 0.15) is 26.2 Å². The summed E-state index contributed by atoms with van der Waals surface area (Å²) in [4.78, 5) is 0. The summed E-state index contributed by atoms with van der Waals surface area (Å²) in [5.74, 6) is 0.530. The van der Waals surface area contributed by atoms with E-state index in [4.69, 9.17) is 16.7 Å². The van der Waals surface area contributed by atoms with Gasteiger partial charge in [-0.1, -0.05) is 6.92 Å². The van der Waals surface area contributed by atoms with E-state index in [1.807, 2.05) is 0 Å². The van der Waals surface area contributed by atoms with Crippen molar-refractivity contribution < 1.29 is 0 Å². The average Bonchev–Trinajstić information content (AvgIpc) is 2.17. The normalized spacial score (nSPS) is 14.7. The number of nitrogens with one attached hydrogen (secondary N) is 1. The molecule has 0 fully saturated rings. The van der Waals surface area contributed by atoms with Crippen LogP contribution in [-0.4, -0.2) is 25.7 Å². The van der Waals surface area contributed by atoms with Gasteiger partial charge in [0.1, 0.15) is 0 Å². The lowest BCUT2D eigenvalue weighted by Crippen LogP contribution is -2.38. The van der Waals surface area contributed by atoms with E-state index in [2.05, 4.69) is 18.3 Å². The molecule has 0 saturated carbocycles. The number of hydrogen-bond acceptors (Lipinski definition) is 4. The van der Waals surface area contributed by atoms with E-state index >= 15 is 0 Å². The molecule has 0 spiro atoms. The summed E-state index contributed by atoms with van der Waals surface area (Å²) in [5.41, 5.74) is 11.0. The van der Waals surface area contributed by atoms with Gasteiger partial charge in [0.15, 0.2) is 0 Å². The first-order valence-corrected chi connectivity index (χ1v) is 5.26. The van der Waals surface area contributed by atoms with Gasteiger partial charge in [-0.2, -0.15) is 5.26 Å². The summed E-state index contributed by atoms with van der Waals surface area (Å²) >= 11 is 0. The van der Waals surface area contributed by atoms with Gasteiger partial charge in [0.2, 0.25) is 0 Å². The molecule has 4 nitrogen and oxygen atoms in total. The summed E-state index contributed by atoms with van der Waals surface area (Å²) in [6.45, 7) is 4.31. The third-order valence-corrected chi connectivity index (χ3v) is 2.43. The average molecular weight is 198 g/mol. The minimum absolute atomic E-state index is 0.400. The minimum Gasteiger partial charge on any atom is -0.330 e. The highest BCUT2D eigenvalue weighted by atomic mass is 14.9. The second-order valence-electron chi connectivity index (χ2n) is 3.60. The highest BCUT2D eigenvalue weighted by Gasteiger charge is 2.14. The maximum atomic E-state index is 8.42. The molecule has 0 aliphatic rings. The van der Waals surface area contributed by atoms with E-state index in [0.29, 0.717) is 31.5 Å². The van der Waals surface area contributed by atoms with Crippen molar-refractivity contribution in [2.45, 2.75) is 32.2 Å². The molecule has 82 valence electrons.